The molecule has 0 aromatic rings. The highest BCUT2D eigenvalue weighted by atomic mass is 16.7. The molecule has 0 aromatic heterocycles. The minimum absolute atomic E-state index is 0.00723. The molecule has 9 nitrogen and oxygen atoms in total. The van der Waals surface area contributed by atoms with Crippen LogP contribution < -0.4 is 11.1 Å². The molecule has 39 heavy (non-hydrogen) atoms. The molecule has 3 saturated carbocycles. The normalized spacial score (nSPS) is 43.1. The lowest BCUT2D eigenvalue weighted by Crippen LogP contribution is -2.63. The van der Waals surface area contributed by atoms with Gasteiger partial charge in [-0.3, -0.25) is 14.4 Å². The molecular weight excluding hydrogens is 500 g/mol. The third-order valence-corrected chi connectivity index (χ3v) is 10.5. The molecule has 0 bridgehead atoms. The van der Waals surface area contributed by atoms with Gasteiger partial charge in [-0.1, -0.05) is 45.8 Å². The minimum atomic E-state index is -1.24. The summed E-state index contributed by atoms with van der Waals surface area (Å²) in [7, 11) is 0. The highest BCUT2D eigenvalue weighted by Crippen LogP contribution is 2.69. The van der Waals surface area contributed by atoms with Crippen molar-refractivity contribution in [3.8, 4) is 0 Å². The van der Waals surface area contributed by atoms with E-state index in [9.17, 15) is 19.5 Å². The first kappa shape index (κ1) is 28.6. The molecular formula is C30H44N2O7. The van der Waals surface area contributed by atoms with E-state index in [1.54, 1.807) is 12.2 Å². The largest absolute Gasteiger partial charge is 0.393 e. The molecule has 5 rings (SSSR count). The summed E-state index contributed by atoms with van der Waals surface area (Å²) in [4.78, 5) is 38.2. The number of nitrogens with two attached hydrogens (primary N) is 1. The van der Waals surface area contributed by atoms with Crippen LogP contribution in [0.25, 0.3) is 0 Å². The fraction of sp³-hybridized carbons (Fsp3) is 0.767. The number of ketones is 2. The zero-order valence-corrected chi connectivity index (χ0v) is 23.6. The molecule has 0 aromatic carbocycles. The van der Waals surface area contributed by atoms with Crippen molar-refractivity contribution in [3.63, 3.8) is 0 Å². The summed E-state index contributed by atoms with van der Waals surface area (Å²) in [6.45, 7) is 7.76. The Morgan fingerprint density at radius 1 is 1.31 bits per heavy atom. The number of Topliss-reactive ketones (excluding diaryl/α,β-unsaturated/α-hetero) is 1. The molecule has 2 unspecified atom stereocenters. The smallest absolute Gasteiger partial charge is 0.235 e. The van der Waals surface area contributed by atoms with Gasteiger partial charge < -0.3 is 30.4 Å². The lowest BCUT2D eigenvalue weighted by molar-refractivity contribution is -0.202. The first-order chi connectivity index (χ1) is 18.5. The van der Waals surface area contributed by atoms with Gasteiger partial charge in [-0.15, -0.1) is 0 Å². The van der Waals surface area contributed by atoms with Crippen LogP contribution in [0.15, 0.2) is 23.8 Å². The van der Waals surface area contributed by atoms with Gasteiger partial charge in [0.2, 0.25) is 5.91 Å². The van der Waals surface area contributed by atoms with Gasteiger partial charge in [0.25, 0.3) is 0 Å². The quantitative estimate of drug-likeness (QED) is 0.377. The standard InChI is InChI=1S/C30H44N2O7/c1-5-7-26-38-23-13-20-19-9-8-17-12-18(33)10-11-28(17,3)27(19)21(34)14-29(20,4)30(23,39-26)22(35)16-37-25(6-2)32-24(36)15-31/h10-12,19-21,23,25-27,34H,5-9,13-16,31H2,1-4H3,(H,32,36)/t19-,20-,21-,23+,25?,26?,27+,28-,29-,30+/m0/s1. The fourth-order valence-corrected chi connectivity index (χ4v) is 8.79. The van der Waals surface area contributed by atoms with E-state index in [1.807, 2.05) is 13.0 Å². The number of hydrogen-bond acceptors (Lipinski definition) is 8. The topological polar surface area (TPSA) is 137 Å². The molecule has 1 saturated heterocycles. The minimum Gasteiger partial charge on any atom is -0.393 e. The third-order valence-electron chi connectivity index (χ3n) is 10.5. The van der Waals surface area contributed by atoms with Crippen molar-refractivity contribution in [2.24, 2.45) is 34.3 Å². The maximum absolute atomic E-state index is 14.2. The number of ether oxygens (including phenoxy) is 3. The zero-order chi connectivity index (χ0) is 28.2. The van der Waals surface area contributed by atoms with Crippen LogP contribution in [0.2, 0.25) is 0 Å². The summed E-state index contributed by atoms with van der Waals surface area (Å²) in [6, 6.07) is 0. The highest BCUT2D eigenvalue weighted by Gasteiger charge is 2.75. The number of aliphatic hydroxyl groups excluding tert-OH is 1. The van der Waals surface area contributed by atoms with Crippen molar-refractivity contribution >= 4 is 17.5 Å². The summed E-state index contributed by atoms with van der Waals surface area (Å²) in [5.41, 5.74) is 4.24. The number of aliphatic hydroxyl groups is 1. The van der Waals surface area contributed by atoms with Crippen LogP contribution in [0, 0.1) is 28.6 Å². The van der Waals surface area contributed by atoms with Crippen LogP contribution in [-0.4, -0.2) is 66.1 Å². The molecule has 216 valence electrons. The van der Waals surface area contributed by atoms with Crippen molar-refractivity contribution in [1.29, 1.82) is 0 Å². The maximum atomic E-state index is 14.2. The first-order valence-electron chi connectivity index (χ1n) is 14.6. The van der Waals surface area contributed by atoms with Crippen LogP contribution >= 0.6 is 0 Å². The Morgan fingerprint density at radius 2 is 2.08 bits per heavy atom. The monoisotopic (exact) mass is 544 g/mol. The summed E-state index contributed by atoms with van der Waals surface area (Å²) < 4.78 is 19.0. The molecule has 1 aliphatic heterocycles. The number of amides is 1. The lowest BCUT2D eigenvalue weighted by atomic mass is 9.46. The van der Waals surface area contributed by atoms with Crippen molar-refractivity contribution in [1.82, 2.24) is 5.32 Å². The SMILES string of the molecule is CCCC1O[C@@H]2C[C@H]3[C@@H]4CCC5=CC(=O)C=C[C@]5(C)[C@H]4[C@@H](O)C[C@]3(C)[C@]2(C(=O)COC(CC)NC(=O)CN)O1. The van der Waals surface area contributed by atoms with Gasteiger partial charge in [-0.05, 0) is 62.5 Å². The Kier molecular flexibility index (Phi) is 7.70. The van der Waals surface area contributed by atoms with Crippen LogP contribution in [0.3, 0.4) is 0 Å². The predicted octanol–water partition coefficient (Wildman–Crippen LogP) is 2.55. The van der Waals surface area contributed by atoms with Gasteiger partial charge in [0.1, 0.15) is 12.8 Å². The third kappa shape index (κ3) is 4.36. The van der Waals surface area contributed by atoms with E-state index in [0.717, 1.165) is 24.8 Å². The molecule has 0 spiro atoms. The predicted molar refractivity (Wildman–Crippen MR) is 143 cm³/mol. The van der Waals surface area contributed by atoms with E-state index in [0.29, 0.717) is 25.7 Å². The van der Waals surface area contributed by atoms with E-state index in [-0.39, 0.29) is 48.4 Å². The first-order valence-corrected chi connectivity index (χ1v) is 14.6. The Hall–Kier alpha value is -1.91. The van der Waals surface area contributed by atoms with Crippen molar-refractivity contribution in [2.45, 2.75) is 103 Å². The molecule has 1 amide bonds. The summed E-state index contributed by atoms with van der Waals surface area (Å²) in [6.07, 6.45) is 7.87. The molecule has 0 radical (unpaired) electrons. The number of nitrogens with one attached hydrogen (secondary N) is 1. The second-order valence-corrected chi connectivity index (χ2v) is 12.5. The van der Waals surface area contributed by atoms with E-state index >= 15 is 0 Å². The van der Waals surface area contributed by atoms with Crippen LogP contribution in [0.4, 0.5) is 0 Å². The summed E-state index contributed by atoms with van der Waals surface area (Å²) in [5.74, 6) is -0.337. The van der Waals surface area contributed by atoms with Gasteiger partial charge in [0.05, 0.1) is 18.8 Å². The van der Waals surface area contributed by atoms with Gasteiger partial charge >= 0.3 is 0 Å². The van der Waals surface area contributed by atoms with Gasteiger partial charge in [0, 0.05) is 16.7 Å². The van der Waals surface area contributed by atoms with Crippen molar-refractivity contribution < 1.29 is 33.7 Å². The van der Waals surface area contributed by atoms with Crippen LogP contribution in [-0.2, 0) is 28.6 Å². The van der Waals surface area contributed by atoms with Crippen LogP contribution in [0.5, 0.6) is 0 Å². The molecule has 5 aliphatic rings. The Morgan fingerprint density at radius 3 is 2.77 bits per heavy atom. The van der Waals surface area contributed by atoms with Gasteiger partial charge in [-0.25, -0.2) is 0 Å². The number of fused-ring (bicyclic) bond motifs is 7. The van der Waals surface area contributed by atoms with Crippen molar-refractivity contribution in [3.05, 3.63) is 23.8 Å². The maximum Gasteiger partial charge on any atom is 0.235 e. The van der Waals surface area contributed by atoms with E-state index < -0.39 is 41.2 Å². The van der Waals surface area contributed by atoms with E-state index in [1.165, 1.54) is 0 Å². The molecule has 1 heterocycles. The fourth-order valence-electron chi connectivity index (χ4n) is 8.79. The van der Waals surface area contributed by atoms with Crippen LogP contribution in [0.1, 0.15) is 72.6 Å². The zero-order valence-electron chi connectivity index (χ0n) is 23.6. The highest BCUT2D eigenvalue weighted by molar-refractivity contribution is 6.01. The Labute approximate surface area is 230 Å². The summed E-state index contributed by atoms with van der Waals surface area (Å²) in [5, 5.41) is 14.5. The molecule has 9 heteroatoms. The number of hydrogen-bond donors (Lipinski definition) is 3. The molecule has 4 aliphatic carbocycles. The molecule has 4 fully saturated rings. The van der Waals surface area contributed by atoms with Crippen molar-refractivity contribution in [2.75, 3.05) is 13.2 Å². The summed E-state index contributed by atoms with van der Waals surface area (Å²) >= 11 is 0. The average Bonchev–Trinajstić information content (AvgIpc) is 3.38. The number of carbonyl (C=O) groups is 3. The molecule has 4 N–H and O–H groups in total. The van der Waals surface area contributed by atoms with Gasteiger partial charge in [-0.2, -0.15) is 0 Å². The average molecular weight is 545 g/mol. The molecule has 10 atom stereocenters. The Bertz CT molecular complexity index is 1070. The lowest BCUT2D eigenvalue weighted by Gasteiger charge is -2.59. The second kappa shape index (κ2) is 10.5. The number of rotatable bonds is 9. The van der Waals surface area contributed by atoms with E-state index in [4.69, 9.17) is 19.9 Å². The second-order valence-electron chi connectivity index (χ2n) is 12.5. The van der Waals surface area contributed by atoms with E-state index in [2.05, 4.69) is 26.1 Å². The Balaban J connectivity index is 1.46. The van der Waals surface area contributed by atoms with Gasteiger partial charge in [0.15, 0.2) is 23.5 Å². The number of carbonyl (C=O) groups excluding carboxylic acids is 3. The number of allylic oxidation sites excluding steroid dienone is 4.